The molecule has 0 saturated carbocycles. The first-order valence-electron chi connectivity index (χ1n) is 7.17. The minimum atomic E-state index is -3.05. The van der Waals surface area contributed by atoms with E-state index >= 15 is 0 Å². The normalized spacial score (nSPS) is 20.6. The molecule has 0 aliphatic carbocycles. The number of rotatable bonds is 6. The van der Waals surface area contributed by atoms with Crippen molar-refractivity contribution in [2.24, 2.45) is 0 Å². The fourth-order valence-electron chi connectivity index (χ4n) is 2.37. The lowest BCUT2D eigenvalue weighted by Crippen LogP contribution is -2.46. The highest BCUT2D eigenvalue weighted by molar-refractivity contribution is 8.00. The number of hydrogen-bond acceptors (Lipinski definition) is 6. The molecule has 0 aromatic carbocycles. The fraction of sp³-hybridized carbons (Fsp3) is 0.643. The molecule has 1 aliphatic heterocycles. The van der Waals surface area contributed by atoms with E-state index in [-0.39, 0.29) is 0 Å². The van der Waals surface area contributed by atoms with Crippen molar-refractivity contribution in [3.63, 3.8) is 0 Å². The minimum Gasteiger partial charge on any atom is -0.311 e. The molecule has 5 nitrogen and oxygen atoms in total. The number of nitrogens with zero attached hydrogens (tertiary/aromatic N) is 2. The van der Waals surface area contributed by atoms with E-state index in [2.05, 4.69) is 17.2 Å². The summed E-state index contributed by atoms with van der Waals surface area (Å²) in [6, 6.07) is 5.95. The average Bonchev–Trinajstić information content (AvgIpc) is 2.45. The van der Waals surface area contributed by atoms with Crippen molar-refractivity contribution in [3.05, 3.63) is 29.6 Å². The van der Waals surface area contributed by atoms with Gasteiger partial charge < -0.3 is 5.32 Å². The van der Waals surface area contributed by atoms with Gasteiger partial charge in [0.05, 0.1) is 11.4 Å². The minimum absolute atomic E-state index is 0.393. The van der Waals surface area contributed by atoms with Crippen LogP contribution in [-0.4, -0.2) is 54.5 Å². The molecule has 2 rings (SSSR count). The topological polar surface area (TPSA) is 62.3 Å². The zero-order valence-electron chi connectivity index (χ0n) is 12.6. The van der Waals surface area contributed by atoms with Crippen LogP contribution in [0.15, 0.2) is 18.2 Å². The molecule has 21 heavy (non-hydrogen) atoms. The van der Waals surface area contributed by atoms with Crippen LogP contribution in [0.2, 0.25) is 0 Å². The van der Waals surface area contributed by atoms with Crippen LogP contribution in [0, 0.1) is 0 Å². The lowest BCUT2D eigenvalue weighted by molar-refractivity contribution is 0.259. The van der Waals surface area contributed by atoms with Crippen LogP contribution in [0.25, 0.3) is 0 Å². The second-order valence-corrected chi connectivity index (χ2v) is 8.58. The summed E-state index contributed by atoms with van der Waals surface area (Å²) in [6.07, 6.45) is 1.32. The molecule has 0 amide bonds. The molecule has 1 N–H and O–H groups in total. The molecule has 2 heterocycles. The molecule has 1 fully saturated rings. The zero-order chi connectivity index (χ0) is 15.3. The van der Waals surface area contributed by atoms with Crippen molar-refractivity contribution in [1.82, 2.24) is 15.2 Å². The molecule has 1 atom stereocenters. The molecule has 1 saturated heterocycles. The smallest absolute Gasteiger partial charge is 0.164 e. The van der Waals surface area contributed by atoms with Crippen LogP contribution >= 0.6 is 11.8 Å². The Hall–Kier alpha value is -0.630. The van der Waals surface area contributed by atoms with Gasteiger partial charge in [0.2, 0.25) is 0 Å². The van der Waals surface area contributed by atoms with Crippen molar-refractivity contribution in [2.45, 2.75) is 25.4 Å². The first kappa shape index (κ1) is 16.7. The number of hydrogen-bond donors (Lipinski definition) is 1. The van der Waals surface area contributed by atoms with Gasteiger partial charge in [-0.05, 0) is 18.7 Å². The maximum Gasteiger partial charge on any atom is 0.164 e. The number of nitrogens with one attached hydrogen (secondary N) is 1. The average molecular weight is 329 g/mol. The molecule has 1 aromatic heterocycles. The molecule has 7 heteroatoms. The highest BCUT2D eigenvalue weighted by Crippen LogP contribution is 2.22. The third-order valence-corrected chi connectivity index (χ3v) is 6.16. The summed E-state index contributed by atoms with van der Waals surface area (Å²) in [6.45, 7) is 5.10. The molecule has 1 aliphatic rings. The van der Waals surface area contributed by atoms with Crippen LogP contribution in [-0.2, 0) is 22.9 Å². The third kappa shape index (κ3) is 4.95. The highest BCUT2D eigenvalue weighted by atomic mass is 32.2. The Bertz CT molecular complexity index is 563. The van der Waals surface area contributed by atoms with Crippen LogP contribution in [0.4, 0.5) is 0 Å². The van der Waals surface area contributed by atoms with E-state index in [0.717, 1.165) is 36.8 Å². The second kappa shape index (κ2) is 7.58. The Balaban J connectivity index is 2.08. The monoisotopic (exact) mass is 329 g/mol. The quantitative estimate of drug-likeness (QED) is 0.844. The molecule has 118 valence electrons. The van der Waals surface area contributed by atoms with Gasteiger partial charge in [-0.3, -0.25) is 9.88 Å². The zero-order valence-corrected chi connectivity index (χ0v) is 14.2. The molecule has 1 aromatic rings. The number of pyridine rings is 1. The van der Waals surface area contributed by atoms with E-state index in [1.165, 1.54) is 6.26 Å². The summed E-state index contributed by atoms with van der Waals surface area (Å²) in [4.78, 5) is 6.65. The lowest BCUT2D eigenvalue weighted by atomic mass is 10.2. The number of aromatic nitrogens is 1. The molecule has 0 spiro atoms. The summed E-state index contributed by atoms with van der Waals surface area (Å²) in [5.41, 5.74) is 1.93. The summed E-state index contributed by atoms with van der Waals surface area (Å²) in [7, 11) is -3.05. The van der Waals surface area contributed by atoms with Crippen LogP contribution in [0.5, 0.6) is 0 Å². The molecular weight excluding hydrogens is 306 g/mol. The summed E-state index contributed by atoms with van der Waals surface area (Å²) in [5.74, 6) is 1.62. The Morgan fingerprint density at radius 3 is 2.90 bits per heavy atom. The lowest BCUT2D eigenvalue weighted by Gasteiger charge is -2.33. The van der Waals surface area contributed by atoms with E-state index in [9.17, 15) is 8.42 Å². The van der Waals surface area contributed by atoms with Gasteiger partial charge >= 0.3 is 0 Å². The summed E-state index contributed by atoms with van der Waals surface area (Å²) < 4.78 is 23.8. The van der Waals surface area contributed by atoms with Crippen molar-refractivity contribution < 1.29 is 8.42 Å². The molecule has 0 radical (unpaired) electrons. The molecular formula is C14H23N3O2S2. The van der Waals surface area contributed by atoms with Crippen LogP contribution in [0.3, 0.4) is 0 Å². The van der Waals surface area contributed by atoms with Gasteiger partial charge in [-0.25, -0.2) is 8.42 Å². The predicted molar refractivity (Wildman–Crippen MR) is 88.0 cm³/mol. The number of sulfone groups is 1. The first-order valence-corrected chi connectivity index (χ1v) is 10.3. The summed E-state index contributed by atoms with van der Waals surface area (Å²) in [5, 5.41) is 2.86. The van der Waals surface area contributed by atoms with E-state index in [4.69, 9.17) is 0 Å². The fourth-order valence-corrected chi connectivity index (χ4v) is 5.31. The van der Waals surface area contributed by atoms with Crippen molar-refractivity contribution >= 4 is 21.6 Å². The predicted octanol–water partition coefficient (Wildman–Crippen LogP) is 1.11. The van der Waals surface area contributed by atoms with Crippen molar-refractivity contribution in [2.75, 3.05) is 30.9 Å². The maximum absolute atomic E-state index is 11.9. The third-order valence-electron chi connectivity index (χ3n) is 3.47. The van der Waals surface area contributed by atoms with Crippen LogP contribution < -0.4 is 5.32 Å². The Labute approximate surface area is 131 Å². The van der Waals surface area contributed by atoms with Gasteiger partial charge in [0, 0.05) is 37.4 Å². The molecule has 0 bridgehead atoms. The van der Waals surface area contributed by atoms with E-state index in [0.29, 0.717) is 12.3 Å². The Morgan fingerprint density at radius 1 is 1.43 bits per heavy atom. The first-order chi connectivity index (χ1) is 10.0. The molecule has 1 unspecified atom stereocenters. The van der Waals surface area contributed by atoms with Crippen LogP contribution in [0.1, 0.15) is 18.3 Å². The second-order valence-electron chi connectivity index (χ2n) is 5.23. The van der Waals surface area contributed by atoms with Gasteiger partial charge in [-0.1, -0.05) is 13.0 Å². The van der Waals surface area contributed by atoms with E-state index in [1.807, 2.05) is 23.1 Å². The maximum atomic E-state index is 11.9. The SMILES string of the molecule is CCNCc1cccc(CN2CCSCC2S(C)(=O)=O)n1. The van der Waals surface area contributed by atoms with Gasteiger partial charge in [0.1, 0.15) is 5.37 Å². The van der Waals surface area contributed by atoms with E-state index < -0.39 is 15.2 Å². The van der Waals surface area contributed by atoms with E-state index in [1.54, 1.807) is 11.8 Å². The van der Waals surface area contributed by atoms with Crippen molar-refractivity contribution in [1.29, 1.82) is 0 Å². The van der Waals surface area contributed by atoms with Gasteiger partial charge in [0.25, 0.3) is 0 Å². The standard InChI is InChI=1S/C14H23N3O2S2/c1-3-15-9-12-5-4-6-13(16-12)10-17-7-8-20-11-14(17)21(2,18)19/h4-6,14-15H,3,7-11H2,1-2H3. The highest BCUT2D eigenvalue weighted by Gasteiger charge is 2.31. The number of thioether (sulfide) groups is 1. The Kier molecular flexibility index (Phi) is 6.04. The van der Waals surface area contributed by atoms with Gasteiger partial charge in [0.15, 0.2) is 9.84 Å². The Morgan fingerprint density at radius 2 is 2.19 bits per heavy atom. The summed E-state index contributed by atoms with van der Waals surface area (Å²) >= 11 is 1.71. The van der Waals surface area contributed by atoms with Gasteiger partial charge in [-0.2, -0.15) is 11.8 Å². The largest absolute Gasteiger partial charge is 0.311 e. The van der Waals surface area contributed by atoms with Crippen molar-refractivity contribution in [3.8, 4) is 0 Å². The van der Waals surface area contributed by atoms with Gasteiger partial charge in [-0.15, -0.1) is 0 Å².